The third kappa shape index (κ3) is 4.32. The van der Waals surface area contributed by atoms with E-state index >= 15 is 0 Å². The Labute approximate surface area is 174 Å². The van der Waals surface area contributed by atoms with Crippen molar-refractivity contribution in [3.8, 4) is 0 Å². The number of aliphatic imine (C=N–C) groups is 1. The first-order chi connectivity index (χ1) is 14.1. The summed E-state index contributed by atoms with van der Waals surface area (Å²) < 4.78 is 40.5. The normalized spacial score (nSPS) is 19.6. The van der Waals surface area contributed by atoms with Gasteiger partial charge in [0, 0.05) is 29.6 Å². The van der Waals surface area contributed by atoms with Gasteiger partial charge in [0.15, 0.2) is 0 Å². The lowest BCUT2D eigenvalue weighted by Gasteiger charge is -2.33. The quantitative estimate of drug-likeness (QED) is 0.712. The number of allylic oxidation sites excluding steroid dienone is 3. The minimum atomic E-state index is -4.43. The molecule has 0 bridgehead atoms. The predicted octanol–water partition coefficient (Wildman–Crippen LogP) is 4.56. The summed E-state index contributed by atoms with van der Waals surface area (Å²) in [5.74, 6) is 0.436. The van der Waals surface area contributed by atoms with E-state index in [4.69, 9.17) is 4.99 Å². The van der Waals surface area contributed by atoms with Crippen LogP contribution in [0.25, 0.3) is 5.70 Å². The van der Waals surface area contributed by atoms with Crippen molar-refractivity contribution in [2.75, 3.05) is 7.05 Å². The van der Waals surface area contributed by atoms with Gasteiger partial charge in [-0.1, -0.05) is 36.9 Å². The number of dihydropyridines is 1. The fourth-order valence-corrected chi connectivity index (χ4v) is 3.28. The van der Waals surface area contributed by atoms with E-state index in [1.165, 1.54) is 5.01 Å². The van der Waals surface area contributed by atoms with Crippen molar-refractivity contribution in [2.24, 2.45) is 10.1 Å². The van der Waals surface area contributed by atoms with Crippen LogP contribution in [0.4, 0.5) is 13.2 Å². The number of hydrogen-bond acceptors (Lipinski definition) is 5. The monoisotopic (exact) mass is 415 g/mol. The zero-order valence-electron chi connectivity index (χ0n) is 17.3. The zero-order chi connectivity index (χ0) is 22.1. The molecule has 0 amide bonds. The predicted molar refractivity (Wildman–Crippen MR) is 114 cm³/mol. The third-order valence-electron chi connectivity index (χ3n) is 4.51. The van der Waals surface area contributed by atoms with Crippen molar-refractivity contribution < 1.29 is 13.2 Å². The summed E-state index contributed by atoms with van der Waals surface area (Å²) in [7, 11) is 1.71. The smallest absolute Gasteiger partial charge is 0.374 e. The summed E-state index contributed by atoms with van der Waals surface area (Å²) in [5.41, 5.74) is 3.79. The fourth-order valence-electron chi connectivity index (χ4n) is 3.28. The molecule has 0 aromatic heterocycles. The van der Waals surface area contributed by atoms with Crippen LogP contribution in [0.15, 0.2) is 81.7 Å². The van der Waals surface area contributed by atoms with Gasteiger partial charge in [-0.25, -0.2) is 10.0 Å². The molecule has 0 fully saturated rings. The summed E-state index contributed by atoms with van der Waals surface area (Å²) in [6, 6.07) is 7.51. The van der Waals surface area contributed by atoms with Gasteiger partial charge < -0.3 is 10.6 Å². The largest absolute Gasteiger partial charge is 0.412 e. The van der Waals surface area contributed by atoms with Crippen LogP contribution < -0.4 is 10.6 Å². The lowest BCUT2D eigenvalue weighted by Crippen LogP contribution is -2.42. The molecule has 0 saturated heterocycles. The van der Waals surface area contributed by atoms with Crippen molar-refractivity contribution in [3.05, 3.63) is 77.2 Å². The van der Waals surface area contributed by atoms with Crippen LogP contribution in [-0.2, 0) is 0 Å². The molecule has 5 nitrogen and oxygen atoms in total. The Morgan fingerprint density at radius 3 is 2.47 bits per heavy atom. The maximum Gasteiger partial charge on any atom is 0.412 e. The van der Waals surface area contributed by atoms with Crippen molar-refractivity contribution in [3.63, 3.8) is 0 Å². The number of alkyl halides is 3. The standard InChI is InChI=1S/C22H24F3N5/c1-13(2)29-30-15(4)19(17-11-14(3)27-18(12-17)22(23,24)25)20(28-21(30)26-5)16-9-7-6-8-10-16/h6-12,18,27H,4H2,1-3,5H3,(H,26,28). The van der Waals surface area contributed by atoms with E-state index in [2.05, 4.69) is 22.3 Å². The van der Waals surface area contributed by atoms with E-state index < -0.39 is 12.2 Å². The van der Waals surface area contributed by atoms with Gasteiger partial charge in [-0.05, 0) is 38.5 Å². The molecule has 0 saturated carbocycles. The third-order valence-corrected chi connectivity index (χ3v) is 4.51. The summed E-state index contributed by atoms with van der Waals surface area (Å²) in [4.78, 5) is 4.70. The molecular weight excluding hydrogens is 391 g/mol. The van der Waals surface area contributed by atoms with Crippen LogP contribution >= 0.6 is 0 Å². The summed E-state index contributed by atoms with van der Waals surface area (Å²) in [5, 5.41) is 11.5. The van der Waals surface area contributed by atoms with Gasteiger partial charge in [-0.15, -0.1) is 0 Å². The molecule has 2 aliphatic rings. The van der Waals surface area contributed by atoms with E-state index in [9.17, 15) is 13.2 Å². The maximum absolute atomic E-state index is 13.5. The molecule has 2 N–H and O–H groups in total. The van der Waals surface area contributed by atoms with Crippen LogP contribution in [0, 0.1) is 0 Å². The second-order valence-corrected chi connectivity index (χ2v) is 7.19. The van der Waals surface area contributed by atoms with Gasteiger partial charge >= 0.3 is 6.18 Å². The van der Waals surface area contributed by atoms with Crippen LogP contribution in [0.5, 0.6) is 0 Å². The minimum Gasteiger partial charge on any atom is -0.374 e. The lowest BCUT2D eigenvalue weighted by molar-refractivity contribution is -0.143. The second kappa shape index (κ2) is 8.22. The van der Waals surface area contributed by atoms with Crippen molar-refractivity contribution >= 4 is 17.4 Å². The van der Waals surface area contributed by atoms with Gasteiger partial charge in [-0.3, -0.25) is 0 Å². The highest BCUT2D eigenvalue weighted by molar-refractivity contribution is 5.95. The Balaban J connectivity index is 2.27. The Bertz CT molecular complexity index is 993. The highest BCUT2D eigenvalue weighted by atomic mass is 19.4. The van der Waals surface area contributed by atoms with Crippen molar-refractivity contribution in [1.29, 1.82) is 0 Å². The summed E-state index contributed by atoms with van der Waals surface area (Å²) in [6.07, 6.45) is -1.59. The first-order valence-corrected chi connectivity index (χ1v) is 9.43. The van der Waals surface area contributed by atoms with E-state index in [0.29, 0.717) is 34.2 Å². The Morgan fingerprint density at radius 1 is 1.23 bits per heavy atom. The lowest BCUT2D eigenvalue weighted by atomic mass is 9.92. The molecule has 158 valence electrons. The molecule has 2 aliphatic heterocycles. The molecule has 0 aliphatic carbocycles. The van der Waals surface area contributed by atoms with Gasteiger partial charge in [0.05, 0.1) is 11.4 Å². The van der Waals surface area contributed by atoms with E-state index in [1.807, 2.05) is 44.2 Å². The number of nitrogens with zero attached hydrogens (tertiary/aromatic N) is 3. The first kappa shape index (κ1) is 21.4. The zero-order valence-corrected chi connectivity index (χ0v) is 17.3. The molecule has 1 unspecified atom stereocenters. The van der Waals surface area contributed by atoms with Gasteiger partial charge in [0.2, 0.25) is 5.96 Å². The molecule has 0 radical (unpaired) electrons. The topological polar surface area (TPSA) is 52.0 Å². The van der Waals surface area contributed by atoms with E-state index in [1.54, 1.807) is 20.0 Å². The highest BCUT2D eigenvalue weighted by Crippen LogP contribution is 2.38. The number of nitrogens with one attached hydrogen (secondary N) is 2. The van der Waals surface area contributed by atoms with Crippen molar-refractivity contribution in [1.82, 2.24) is 15.6 Å². The molecule has 30 heavy (non-hydrogen) atoms. The average molecular weight is 415 g/mol. The van der Waals surface area contributed by atoms with Gasteiger partial charge in [-0.2, -0.15) is 18.3 Å². The fraction of sp³-hybridized carbons (Fsp3) is 0.273. The summed E-state index contributed by atoms with van der Waals surface area (Å²) >= 11 is 0. The Kier molecular flexibility index (Phi) is 5.87. The molecule has 8 heteroatoms. The van der Waals surface area contributed by atoms with Crippen LogP contribution in [0.1, 0.15) is 26.3 Å². The van der Waals surface area contributed by atoms with Crippen LogP contribution in [0.2, 0.25) is 0 Å². The van der Waals surface area contributed by atoms with Gasteiger partial charge in [0.25, 0.3) is 0 Å². The number of hydrogen-bond donors (Lipinski definition) is 2. The molecule has 1 aromatic rings. The minimum absolute atomic E-state index is 0.394. The van der Waals surface area contributed by atoms with E-state index in [-0.39, 0.29) is 0 Å². The number of rotatable bonds is 3. The molecule has 1 aromatic carbocycles. The summed E-state index contributed by atoms with van der Waals surface area (Å²) in [6.45, 7) is 9.41. The maximum atomic E-state index is 13.5. The number of guanidine groups is 1. The van der Waals surface area contributed by atoms with Gasteiger partial charge in [0.1, 0.15) is 6.04 Å². The molecular formula is C22H24F3N5. The van der Waals surface area contributed by atoms with Crippen molar-refractivity contribution in [2.45, 2.75) is 33.0 Å². The van der Waals surface area contributed by atoms with Crippen LogP contribution in [-0.4, -0.2) is 35.9 Å². The highest BCUT2D eigenvalue weighted by Gasteiger charge is 2.40. The molecule has 3 rings (SSSR count). The first-order valence-electron chi connectivity index (χ1n) is 9.43. The Morgan fingerprint density at radius 2 is 1.90 bits per heavy atom. The second-order valence-electron chi connectivity index (χ2n) is 7.19. The molecule has 0 spiro atoms. The number of halogens is 3. The molecule has 2 heterocycles. The number of benzene rings is 1. The number of hydrazone groups is 1. The molecule has 1 atom stereocenters. The van der Waals surface area contributed by atoms with Crippen LogP contribution in [0.3, 0.4) is 0 Å². The SMILES string of the molecule is C=C1C(C2=CC(C(F)(F)F)NC(C)=C2)=C(c2ccccc2)N=C(NC)N1N=C(C)C. The Hall–Kier alpha value is -3.29. The van der Waals surface area contributed by atoms with E-state index in [0.717, 1.165) is 17.4 Å². The average Bonchev–Trinajstić information content (AvgIpc) is 2.68.